The van der Waals surface area contributed by atoms with Gasteiger partial charge in [0.2, 0.25) is 0 Å². The van der Waals surface area contributed by atoms with Crippen molar-refractivity contribution in [1.82, 2.24) is 0 Å². The summed E-state index contributed by atoms with van der Waals surface area (Å²) in [5, 5.41) is 17.7. The largest absolute Gasteiger partial charge is 0.508 e. The lowest BCUT2D eigenvalue weighted by Crippen LogP contribution is -1.93. The van der Waals surface area contributed by atoms with Crippen LogP contribution < -0.4 is 0 Å². The molecule has 0 aliphatic heterocycles. The molecule has 0 aromatic heterocycles. The molecule has 1 aromatic carbocycles. The third-order valence-corrected chi connectivity index (χ3v) is 3.20. The normalized spacial score (nSPS) is 10.2. The third kappa shape index (κ3) is 5.66. The summed E-state index contributed by atoms with van der Waals surface area (Å²) in [6, 6.07) is 7.17. The minimum Gasteiger partial charge on any atom is -0.508 e. The van der Waals surface area contributed by atoms with Gasteiger partial charge in [0, 0.05) is 11.3 Å². The Morgan fingerprint density at radius 2 is 2.06 bits per heavy atom. The molecule has 0 fully saturated rings. The van der Waals surface area contributed by atoms with Gasteiger partial charge in [-0.25, -0.2) is 0 Å². The molecule has 0 radical (unpaired) electrons. The second kappa shape index (κ2) is 7.17. The number of benzene rings is 1. The van der Waals surface area contributed by atoms with Gasteiger partial charge in [0.15, 0.2) is 0 Å². The fraction of sp³-hybridized carbons (Fsp3) is 0.417. The molecule has 0 saturated heterocycles. The lowest BCUT2D eigenvalue weighted by atomic mass is 10.2. The van der Waals surface area contributed by atoms with Crippen molar-refractivity contribution in [1.29, 1.82) is 0 Å². The average molecular weight is 240 g/mol. The van der Waals surface area contributed by atoms with Gasteiger partial charge < -0.3 is 10.2 Å². The summed E-state index contributed by atoms with van der Waals surface area (Å²) in [6.45, 7) is 0. The SMILES string of the molecule is O=C(O)CCCCCSc1cccc(O)c1. The van der Waals surface area contributed by atoms with Gasteiger partial charge in [-0.05, 0) is 36.8 Å². The molecule has 16 heavy (non-hydrogen) atoms. The Kier molecular flexibility index (Phi) is 5.78. The topological polar surface area (TPSA) is 57.5 Å². The number of thioether (sulfide) groups is 1. The van der Waals surface area contributed by atoms with E-state index in [1.54, 1.807) is 23.9 Å². The molecule has 1 rings (SSSR count). The maximum atomic E-state index is 10.3. The molecule has 88 valence electrons. The molecule has 0 heterocycles. The zero-order chi connectivity index (χ0) is 11.8. The lowest BCUT2D eigenvalue weighted by molar-refractivity contribution is -0.137. The lowest BCUT2D eigenvalue weighted by Gasteiger charge is -2.01. The van der Waals surface area contributed by atoms with Crippen LogP contribution in [0, 0.1) is 0 Å². The van der Waals surface area contributed by atoms with Crippen molar-refractivity contribution in [2.75, 3.05) is 5.75 Å². The summed E-state index contributed by atoms with van der Waals surface area (Å²) in [5.41, 5.74) is 0. The van der Waals surface area contributed by atoms with E-state index in [9.17, 15) is 9.90 Å². The second-order valence-corrected chi connectivity index (χ2v) is 4.72. The van der Waals surface area contributed by atoms with Gasteiger partial charge in [0.05, 0.1) is 0 Å². The monoisotopic (exact) mass is 240 g/mol. The Balaban J connectivity index is 2.09. The van der Waals surface area contributed by atoms with Crippen LogP contribution in [-0.4, -0.2) is 21.9 Å². The van der Waals surface area contributed by atoms with Crippen molar-refractivity contribution in [2.45, 2.75) is 30.6 Å². The summed E-state index contributed by atoms with van der Waals surface area (Å²) < 4.78 is 0. The van der Waals surface area contributed by atoms with Gasteiger partial charge in [0.1, 0.15) is 5.75 Å². The molecule has 0 aliphatic carbocycles. The smallest absolute Gasteiger partial charge is 0.303 e. The van der Waals surface area contributed by atoms with Gasteiger partial charge in [-0.1, -0.05) is 12.5 Å². The standard InChI is InChI=1S/C12H16O3S/c13-10-5-4-6-11(9-10)16-8-3-1-2-7-12(14)15/h4-6,9,13H,1-3,7-8H2,(H,14,15). The van der Waals surface area contributed by atoms with E-state index in [-0.39, 0.29) is 12.2 Å². The fourth-order valence-electron chi connectivity index (χ4n) is 1.32. The molecule has 0 aliphatic rings. The number of unbranched alkanes of at least 4 members (excludes halogenated alkanes) is 2. The molecule has 0 saturated carbocycles. The van der Waals surface area contributed by atoms with Crippen LogP contribution in [0.2, 0.25) is 0 Å². The van der Waals surface area contributed by atoms with E-state index in [1.165, 1.54) is 0 Å². The van der Waals surface area contributed by atoms with E-state index in [0.29, 0.717) is 0 Å². The van der Waals surface area contributed by atoms with E-state index >= 15 is 0 Å². The highest BCUT2D eigenvalue weighted by Gasteiger charge is 1.98. The Labute approximate surface area is 99.5 Å². The Bertz CT molecular complexity index is 339. The van der Waals surface area contributed by atoms with Crippen molar-refractivity contribution in [3.05, 3.63) is 24.3 Å². The summed E-state index contributed by atoms with van der Waals surface area (Å²) in [6.07, 6.45) is 2.96. The molecule has 0 amide bonds. The molecule has 4 heteroatoms. The fourth-order valence-corrected chi connectivity index (χ4v) is 2.28. The number of carboxylic acid groups (broad SMARTS) is 1. The summed E-state index contributed by atoms with van der Waals surface area (Å²) in [4.78, 5) is 11.3. The number of aromatic hydroxyl groups is 1. The molecule has 1 aromatic rings. The van der Waals surface area contributed by atoms with E-state index < -0.39 is 5.97 Å². The zero-order valence-electron chi connectivity index (χ0n) is 9.06. The van der Waals surface area contributed by atoms with Gasteiger partial charge in [-0.15, -0.1) is 11.8 Å². The van der Waals surface area contributed by atoms with Crippen molar-refractivity contribution in [2.24, 2.45) is 0 Å². The summed E-state index contributed by atoms with van der Waals surface area (Å²) >= 11 is 1.69. The van der Waals surface area contributed by atoms with Crippen LogP contribution in [0.4, 0.5) is 0 Å². The number of hydrogen-bond donors (Lipinski definition) is 2. The molecule has 0 atom stereocenters. The minimum absolute atomic E-state index is 0.261. The second-order valence-electron chi connectivity index (χ2n) is 3.55. The Morgan fingerprint density at radius 3 is 2.75 bits per heavy atom. The third-order valence-electron chi connectivity index (χ3n) is 2.12. The molecule has 0 spiro atoms. The Hall–Kier alpha value is -1.16. The van der Waals surface area contributed by atoms with Crippen molar-refractivity contribution < 1.29 is 15.0 Å². The van der Waals surface area contributed by atoms with Crippen LogP contribution in [0.3, 0.4) is 0 Å². The molecular formula is C12H16O3S. The van der Waals surface area contributed by atoms with Gasteiger partial charge in [-0.3, -0.25) is 4.79 Å². The van der Waals surface area contributed by atoms with E-state index in [0.717, 1.165) is 29.9 Å². The maximum Gasteiger partial charge on any atom is 0.303 e. The highest BCUT2D eigenvalue weighted by atomic mass is 32.2. The average Bonchev–Trinajstić information content (AvgIpc) is 2.23. The van der Waals surface area contributed by atoms with Crippen LogP contribution in [0.1, 0.15) is 25.7 Å². The predicted molar refractivity (Wildman–Crippen MR) is 64.9 cm³/mol. The van der Waals surface area contributed by atoms with Crippen LogP contribution in [-0.2, 0) is 4.79 Å². The molecule has 2 N–H and O–H groups in total. The van der Waals surface area contributed by atoms with Crippen LogP contribution >= 0.6 is 11.8 Å². The van der Waals surface area contributed by atoms with Gasteiger partial charge in [-0.2, -0.15) is 0 Å². The van der Waals surface area contributed by atoms with E-state index in [4.69, 9.17) is 5.11 Å². The number of rotatable bonds is 7. The van der Waals surface area contributed by atoms with Gasteiger partial charge in [0.25, 0.3) is 0 Å². The van der Waals surface area contributed by atoms with Crippen LogP contribution in [0.5, 0.6) is 5.75 Å². The minimum atomic E-state index is -0.722. The quantitative estimate of drug-likeness (QED) is 0.568. The predicted octanol–water partition coefficient (Wildman–Crippen LogP) is 3.13. The first kappa shape index (κ1) is 12.9. The maximum absolute atomic E-state index is 10.3. The number of aliphatic carboxylic acids is 1. The van der Waals surface area contributed by atoms with Crippen molar-refractivity contribution in [3.8, 4) is 5.75 Å². The number of phenols is 1. The zero-order valence-corrected chi connectivity index (χ0v) is 9.87. The van der Waals surface area contributed by atoms with Gasteiger partial charge >= 0.3 is 5.97 Å². The van der Waals surface area contributed by atoms with Crippen molar-refractivity contribution in [3.63, 3.8) is 0 Å². The summed E-state index contributed by atoms with van der Waals surface area (Å²) in [5.74, 6) is 0.528. The van der Waals surface area contributed by atoms with E-state index in [2.05, 4.69) is 0 Å². The molecule has 0 unspecified atom stereocenters. The van der Waals surface area contributed by atoms with Crippen LogP contribution in [0.25, 0.3) is 0 Å². The first-order valence-electron chi connectivity index (χ1n) is 5.32. The molecule has 3 nitrogen and oxygen atoms in total. The highest BCUT2D eigenvalue weighted by molar-refractivity contribution is 7.99. The number of phenolic OH excluding ortho intramolecular Hbond substituents is 1. The Morgan fingerprint density at radius 1 is 1.25 bits per heavy atom. The number of carboxylic acids is 1. The van der Waals surface area contributed by atoms with E-state index in [1.807, 2.05) is 12.1 Å². The molecule has 0 bridgehead atoms. The summed E-state index contributed by atoms with van der Waals surface area (Å²) in [7, 11) is 0. The first-order chi connectivity index (χ1) is 7.68. The highest BCUT2D eigenvalue weighted by Crippen LogP contribution is 2.23. The van der Waals surface area contributed by atoms with Crippen molar-refractivity contribution >= 4 is 17.7 Å². The van der Waals surface area contributed by atoms with Crippen LogP contribution in [0.15, 0.2) is 29.2 Å². The number of carbonyl (C=O) groups is 1. The first-order valence-corrected chi connectivity index (χ1v) is 6.30. The molecular weight excluding hydrogens is 224 g/mol. The number of hydrogen-bond acceptors (Lipinski definition) is 3.